The van der Waals surface area contributed by atoms with Crippen LogP contribution in [0.5, 0.6) is 5.75 Å². The van der Waals surface area contributed by atoms with Crippen LogP contribution in [0.1, 0.15) is 24.2 Å². The van der Waals surface area contributed by atoms with E-state index in [0.29, 0.717) is 6.61 Å². The number of ether oxygens (including phenoxy) is 2. The highest BCUT2D eigenvalue weighted by atomic mass is 127. The van der Waals surface area contributed by atoms with Crippen molar-refractivity contribution in [2.75, 3.05) is 7.11 Å². The SMILES string of the molecule is COC(C)c1cccc(OCc2ccccc2)c1I. The van der Waals surface area contributed by atoms with Gasteiger partial charge in [-0.15, -0.1) is 0 Å². The summed E-state index contributed by atoms with van der Waals surface area (Å²) >= 11 is 2.32. The topological polar surface area (TPSA) is 18.5 Å². The van der Waals surface area contributed by atoms with Crippen molar-refractivity contribution in [2.24, 2.45) is 0 Å². The van der Waals surface area contributed by atoms with Crippen molar-refractivity contribution in [3.63, 3.8) is 0 Å². The predicted molar refractivity (Wildman–Crippen MR) is 85.4 cm³/mol. The van der Waals surface area contributed by atoms with Crippen LogP contribution in [0.2, 0.25) is 0 Å². The minimum atomic E-state index is 0.0761. The maximum Gasteiger partial charge on any atom is 0.133 e. The van der Waals surface area contributed by atoms with E-state index in [4.69, 9.17) is 9.47 Å². The van der Waals surface area contributed by atoms with Gasteiger partial charge in [0.05, 0.1) is 9.67 Å². The van der Waals surface area contributed by atoms with Gasteiger partial charge in [0, 0.05) is 7.11 Å². The molecule has 0 spiro atoms. The van der Waals surface area contributed by atoms with E-state index in [1.165, 1.54) is 5.56 Å². The first-order chi connectivity index (χ1) is 9.22. The zero-order chi connectivity index (χ0) is 13.7. The highest BCUT2D eigenvalue weighted by molar-refractivity contribution is 14.1. The molecule has 0 radical (unpaired) electrons. The second-order valence-corrected chi connectivity index (χ2v) is 5.39. The molecule has 2 nitrogen and oxygen atoms in total. The van der Waals surface area contributed by atoms with Gasteiger partial charge in [-0.2, -0.15) is 0 Å². The number of hydrogen-bond acceptors (Lipinski definition) is 2. The lowest BCUT2D eigenvalue weighted by molar-refractivity contribution is 0.118. The molecule has 0 N–H and O–H groups in total. The summed E-state index contributed by atoms with van der Waals surface area (Å²) in [4.78, 5) is 0. The van der Waals surface area contributed by atoms with Crippen LogP contribution in [0.25, 0.3) is 0 Å². The standard InChI is InChI=1S/C16H17IO2/c1-12(18-2)14-9-6-10-15(16(14)17)19-11-13-7-4-3-5-8-13/h3-10,12H,11H2,1-2H3. The van der Waals surface area contributed by atoms with Gasteiger partial charge in [0.25, 0.3) is 0 Å². The van der Waals surface area contributed by atoms with Crippen LogP contribution in [0, 0.1) is 3.57 Å². The van der Waals surface area contributed by atoms with Crippen LogP contribution in [0.15, 0.2) is 48.5 Å². The zero-order valence-electron chi connectivity index (χ0n) is 11.1. The number of rotatable bonds is 5. The van der Waals surface area contributed by atoms with Crippen LogP contribution in [-0.2, 0) is 11.3 Å². The average Bonchev–Trinajstić information content (AvgIpc) is 2.46. The summed E-state index contributed by atoms with van der Waals surface area (Å²) in [5.74, 6) is 0.908. The van der Waals surface area contributed by atoms with Gasteiger partial charge in [0.15, 0.2) is 0 Å². The Labute approximate surface area is 127 Å². The normalized spacial score (nSPS) is 12.2. The molecule has 3 heteroatoms. The molecule has 0 aliphatic carbocycles. The number of methoxy groups -OCH3 is 1. The second kappa shape index (κ2) is 6.91. The Balaban J connectivity index is 2.13. The Kier molecular flexibility index (Phi) is 5.22. The third kappa shape index (κ3) is 3.70. The first-order valence-corrected chi connectivity index (χ1v) is 7.28. The first kappa shape index (κ1) is 14.3. The summed E-state index contributed by atoms with van der Waals surface area (Å²) in [5, 5.41) is 0. The Morgan fingerprint density at radius 2 is 1.79 bits per heavy atom. The molecule has 0 heterocycles. The van der Waals surface area contributed by atoms with Crippen LogP contribution >= 0.6 is 22.6 Å². The quantitative estimate of drug-likeness (QED) is 0.720. The van der Waals surface area contributed by atoms with Gasteiger partial charge in [-0.3, -0.25) is 0 Å². The third-order valence-electron chi connectivity index (χ3n) is 3.02. The largest absolute Gasteiger partial charge is 0.488 e. The fourth-order valence-electron chi connectivity index (χ4n) is 1.82. The lowest BCUT2D eigenvalue weighted by Gasteiger charge is -2.15. The molecule has 19 heavy (non-hydrogen) atoms. The van der Waals surface area contributed by atoms with Crippen molar-refractivity contribution in [3.05, 3.63) is 63.2 Å². The van der Waals surface area contributed by atoms with E-state index in [1.54, 1.807) is 7.11 Å². The molecule has 2 rings (SSSR count). The molecule has 100 valence electrons. The van der Waals surface area contributed by atoms with Crippen LogP contribution in [0.3, 0.4) is 0 Å². The maximum absolute atomic E-state index is 5.90. The Hall–Kier alpha value is -1.07. The van der Waals surface area contributed by atoms with E-state index >= 15 is 0 Å². The average molecular weight is 368 g/mol. The summed E-state index contributed by atoms with van der Waals surface area (Å²) in [6, 6.07) is 16.3. The molecule has 0 fully saturated rings. The molecule has 1 atom stereocenters. The Morgan fingerprint density at radius 3 is 2.47 bits per heavy atom. The Bertz CT molecular complexity index is 526. The molecule has 2 aromatic carbocycles. The fraction of sp³-hybridized carbons (Fsp3) is 0.250. The van der Waals surface area contributed by atoms with Crippen molar-refractivity contribution in [1.29, 1.82) is 0 Å². The highest BCUT2D eigenvalue weighted by Crippen LogP contribution is 2.30. The van der Waals surface area contributed by atoms with Gasteiger partial charge < -0.3 is 9.47 Å². The van der Waals surface area contributed by atoms with Crippen molar-refractivity contribution in [2.45, 2.75) is 19.6 Å². The third-order valence-corrected chi connectivity index (χ3v) is 4.18. The molecule has 2 aromatic rings. The zero-order valence-corrected chi connectivity index (χ0v) is 13.3. The second-order valence-electron chi connectivity index (χ2n) is 4.31. The van der Waals surface area contributed by atoms with Crippen molar-refractivity contribution < 1.29 is 9.47 Å². The predicted octanol–water partition coefficient (Wildman–Crippen LogP) is 4.58. The fourth-order valence-corrected chi connectivity index (χ4v) is 2.77. The van der Waals surface area contributed by atoms with Gasteiger partial charge in [-0.05, 0) is 46.7 Å². The first-order valence-electron chi connectivity index (χ1n) is 6.20. The van der Waals surface area contributed by atoms with E-state index in [2.05, 4.69) is 40.8 Å². The molecule has 0 aliphatic heterocycles. The number of halogens is 1. The van der Waals surface area contributed by atoms with E-state index in [-0.39, 0.29) is 6.10 Å². The number of hydrogen-bond donors (Lipinski definition) is 0. The van der Waals surface area contributed by atoms with E-state index in [1.807, 2.05) is 37.3 Å². The number of benzene rings is 2. The smallest absolute Gasteiger partial charge is 0.133 e. The van der Waals surface area contributed by atoms with Crippen molar-refractivity contribution >= 4 is 22.6 Å². The molecule has 1 unspecified atom stereocenters. The van der Waals surface area contributed by atoms with Gasteiger partial charge >= 0.3 is 0 Å². The molecule has 0 saturated heterocycles. The molecule has 0 aliphatic rings. The molecular formula is C16H17IO2. The van der Waals surface area contributed by atoms with E-state index in [9.17, 15) is 0 Å². The summed E-state index contributed by atoms with van der Waals surface area (Å²) in [5.41, 5.74) is 2.33. The van der Waals surface area contributed by atoms with Crippen LogP contribution in [0.4, 0.5) is 0 Å². The molecule has 0 saturated carbocycles. The highest BCUT2D eigenvalue weighted by Gasteiger charge is 2.12. The summed E-state index contributed by atoms with van der Waals surface area (Å²) < 4.78 is 12.4. The van der Waals surface area contributed by atoms with Gasteiger partial charge in [-0.1, -0.05) is 42.5 Å². The van der Waals surface area contributed by atoms with Crippen molar-refractivity contribution in [1.82, 2.24) is 0 Å². The minimum Gasteiger partial charge on any atom is -0.488 e. The maximum atomic E-state index is 5.90. The van der Waals surface area contributed by atoms with Crippen LogP contribution in [-0.4, -0.2) is 7.11 Å². The monoisotopic (exact) mass is 368 g/mol. The molecular weight excluding hydrogens is 351 g/mol. The lowest BCUT2D eigenvalue weighted by atomic mass is 10.1. The van der Waals surface area contributed by atoms with Gasteiger partial charge in [-0.25, -0.2) is 0 Å². The summed E-state index contributed by atoms with van der Waals surface area (Å²) in [7, 11) is 1.72. The van der Waals surface area contributed by atoms with Gasteiger partial charge in [0.1, 0.15) is 12.4 Å². The molecule has 0 aromatic heterocycles. The summed E-state index contributed by atoms with van der Waals surface area (Å²) in [6.07, 6.45) is 0.0761. The van der Waals surface area contributed by atoms with Crippen LogP contribution < -0.4 is 4.74 Å². The van der Waals surface area contributed by atoms with Gasteiger partial charge in [0.2, 0.25) is 0 Å². The van der Waals surface area contributed by atoms with E-state index < -0.39 is 0 Å². The van der Waals surface area contributed by atoms with E-state index in [0.717, 1.165) is 14.9 Å². The molecule has 0 amide bonds. The summed E-state index contributed by atoms with van der Waals surface area (Å²) in [6.45, 7) is 2.63. The Morgan fingerprint density at radius 1 is 1.05 bits per heavy atom. The molecule has 0 bridgehead atoms. The minimum absolute atomic E-state index is 0.0761. The van der Waals surface area contributed by atoms with Crippen molar-refractivity contribution in [3.8, 4) is 5.75 Å². The lowest BCUT2D eigenvalue weighted by Crippen LogP contribution is -2.02.